The smallest absolute Gasteiger partial charge is 0.334 e. The molecule has 2 nitrogen and oxygen atoms in total. The van der Waals surface area contributed by atoms with E-state index >= 15 is 0 Å². The molecule has 1 aromatic rings. The van der Waals surface area contributed by atoms with Crippen molar-refractivity contribution < 1.29 is 8.98 Å². The van der Waals surface area contributed by atoms with Gasteiger partial charge in [-0.3, -0.25) is 0 Å². The maximum atomic E-state index is 5.27. The van der Waals surface area contributed by atoms with Crippen LogP contribution in [0.1, 0.15) is 38.5 Å². The molecular formula is C13H18NO+. The molecule has 0 amide bonds. The van der Waals surface area contributed by atoms with Crippen molar-refractivity contribution in [1.82, 2.24) is 0 Å². The van der Waals surface area contributed by atoms with Crippen LogP contribution in [-0.2, 0) is 5.54 Å². The average molecular weight is 204 g/mol. The van der Waals surface area contributed by atoms with E-state index in [1.54, 1.807) is 0 Å². The summed E-state index contributed by atoms with van der Waals surface area (Å²) < 4.78 is 7.64. The molecule has 0 aliphatic heterocycles. The predicted molar refractivity (Wildman–Crippen MR) is 55.0 cm³/mol. The van der Waals surface area contributed by atoms with Gasteiger partial charge in [0, 0.05) is 19.3 Å². The molecular weight excluding hydrogens is 186 g/mol. The zero-order valence-corrected chi connectivity index (χ0v) is 9.06. The van der Waals surface area contributed by atoms with Crippen molar-refractivity contribution in [2.45, 2.75) is 44.1 Å². The minimum Gasteiger partial charge on any atom is -0.412 e. The first kappa shape index (κ1) is 8.37. The van der Waals surface area contributed by atoms with Gasteiger partial charge in [-0.25, -0.2) is 0 Å². The van der Waals surface area contributed by atoms with E-state index < -0.39 is 0 Å². The molecule has 4 aliphatic rings. The standard InChI is InChI=1S/C13H18NO/c1-2-15-9-14(1)13-6-10-3-11(7-13)5-12(4-10)8-13/h1-2,9-12H,3-8H2/q+1. The Hall–Kier alpha value is -0.790. The van der Waals surface area contributed by atoms with E-state index in [2.05, 4.69) is 10.8 Å². The zero-order valence-electron chi connectivity index (χ0n) is 9.06. The van der Waals surface area contributed by atoms with Crippen LogP contribution in [0.4, 0.5) is 0 Å². The topological polar surface area (TPSA) is 17.0 Å². The van der Waals surface area contributed by atoms with Gasteiger partial charge in [0.25, 0.3) is 0 Å². The van der Waals surface area contributed by atoms with E-state index in [9.17, 15) is 0 Å². The van der Waals surface area contributed by atoms with E-state index in [0.29, 0.717) is 5.54 Å². The Bertz CT molecular complexity index is 333. The maximum Gasteiger partial charge on any atom is 0.334 e. The first-order valence-electron chi connectivity index (χ1n) is 6.28. The number of nitrogens with zero attached hydrogens (tertiary/aromatic N) is 1. The second kappa shape index (κ2) is 2.66. The number of aromatic nitrogens is 1. The van der Waals surface area contributed by atoms with E-state index in [0.717, 1.165) is 17.8 Å². The zero-order chi connectivity index (χ0) is 9.88. The molecule has 4 fully saturated rings. The van der Waals surface area contributed by atoms with Gasteiger partial charge in [-0.1, -0.05) is 0 Å². The van der Waals surface area contributed by atoms with Gasteiger partial charge in [0.1, 0.15) is 0 Å². The lowest BCUT2D eigenvalue weighted by molar-refractivity contribution is -0.779. The molecule has 0 saturated heterocycles. The molecule has 0 radical (unpaired) electrons. The molecule has 80 valence electrons. The fraction of sp³-hybridized carbons (Fsp3) is 0.769. The Morgan fingerprint density at radius 1 is 1.00 bits per heavy atom. The molecule has 15 heavy (non-hydrogen) atoms. The maximum absolute atomic E-state index is 5.27. The minimum atomic E-state index is 0.446. The molecule has 1 aromatic heterocycles. The quantitative estimate of drug-likeness (QED) is 0.642. The van der Waals surface area contributed by atoms with Gasteiger partial charge < -0.3 is 4.42 Å². The third kappa shape index (κ3) is 1.08. The van der Waals surface area contributed by atoms with Crippen molar-refractivity contribution in [3.05, 3.63) is 18.9 Å². The second-order valence-corrected chi connectivity index (χ2v) is 6.08. The second-order valence-electron chi connectivity index (χ2n) is 6.08. The number of hydrogen-bond acceptors (Lipinski definition) is 1. The molecule has 4 saturated carbocycles. The van der Waals surface area contributed by atoms with Crippen LogP contribution in [0.2, 0.25) is 0 Å². The Morgan fingerprint density at radius 3 is 2.07 bits per heavy atom. The molecule has 4 aliphatic carbocycles. The summed E-state index contributed by atoms with van der Waals surface area (Å²) in [5.74, 6) is 3.04. The van der Waals surface area contributed by atoms with Gasteiger partial charge in [0.15, 0.2) is 11.8 Å². The summed E-state index contributed by atoms with van der Waals surface area (Å²) >= 11 is 0. The third-order valence-corrected chi connectivity index (χ3v) is 5.03. The highest BCUT2D eigenvalue weighted by Gasteiger charge is 2.56. The molecule has 0 N–H and O–H groups in total. The minimum absolute atomic E-state index is 0.446. The number of hydrogen-bond donors (Lipinski definition) is 0. The molecule has 0 unspecified atom stereocenters. The molecule has 4 bridgehead atoms. The summed E-state index contributed by atoms with van der Waals surface area (Å²) in [6.07, 6.45) is 14.6. The highest BCUT2D eigenvalue weighted by atomic mass is 16.3. The Labute approximate surface area is 90.3 Å². The van der Waals surface area contributed by atoms with Crippen molar-refractivity contribution in [2.75, 3.05) is 0 Å². The van der Waals surface area contributed by atoms with Crippen LogP contribution >= 0.6 is 0 Å². The van der Waals surface area contributed by atoms with Crippen molar-refractivity contribution in [2.24, 2.45) is 17.8 Å². The molecule has 0 spiro atoms. The molecule has 2 heteroatoms. The first-order chi connectivity index (χ1) is 7.34. The lowest BCUT2D eigenvalue weighted by Gasteiger charge is -2.52. The normalized spacial score (nSPS) is 47.3. The summed E-state index contributed by atoms with van der Waals surface area (Å²) in [7, 11) is 0. The number of oxazole rings is 1. The van der Waals surface area contributed by atoms with Crippen LogP contribution in [0.15, 0.2) is 23.3 Å². The van der Waals surface area contributed by atoms with Crippen LogP contribution in [-0.4, -0.2) is 0 Å². The number of rotatable bonds is 1. The Morgan fingerprint density at radius 2 is 1.60 bits per heavy atom. The fourth-order valence-corrected chi connectivity index (χ4v) is 4.89. The van der Waals surface area contributed by atoms with Crippen molar-refractivity contribution >= 4 is 0 Å². The SMILES string of the molecule is c1c[n+](C23CC4CC(CC(C4)C2)C3)co1. The molecule has 0 aromatic carbocycles. The van der Waals surface area contributed by atoms with Gasteiger partial charge >= 0.3 is 6.39 Å². The molecule has 5 rings (SSSR count). The molecule has 1 heterocycles. The van der Waals surface area contributed by atoms with Crippen LogP contribution in [0, 0.1) is 17.8 Å². The largest absolute Gasteiger partial charge is 0.412 e. The van der Waals surface area contributed by atoms with Crippen LogP contribution in [0.5, 0.6) is 0 Å². The van der Waals surface area contributed by atoms with E-state index in [1.165, 1.54) is 38.5 Å². The highest BCUT2D eigenvalue weighted by Crippen LogP contribution is 2.56. The highest BCUT2D eigenvalue weighted by molar-refractivity contribution is 4.99. The van der Waals surface area contributed by atoms with Crippen LogP contribution in [0.25, 0.3) is 0 Å². The summed E-state index contributed by atoms with van der Waals surface area (Å²) in [6, 6.07) is 0. The van der Waals surface area contributed by atoms with Crippen LogP contribution in [0.3, 0.4) is 0 Å². The Kier molecular flexibility index (Phi) is 1.48. The van der Waals surface area contributed by atoms with Gasteiger partial charge in [-0.2, -0.15) is 4.57 Å². The Balaban J connectivity index is 1.77. The lowest BCUT2D eigenvalue weighted by Crippen LogP contribution is -2.63. The summed E-state index contributed by atoms with van der Waals surface area (Å²) in [5.41, 5.74) is 0.446. The van der Waals surface area contributed by atoms with Crippen molar-refractivity contribution in [1.29, 1.82) is 0 Å². The molecule has 0 atom stereocenters. The lowest BCUT2D eigenvalue weighted by atomic mass is 9.53. The van der Waals surface area contributed by atoms with E-state index in [1.807, 2.05) is 12.7 Å². The summed E-state index contributed by atoms with van der Waals surface area (Å²) in [5, 5.41) is 0. The van der Waals surface area contributed by atoms with E-state index in [4.69, 9.17) is 4.42 Å². The summed E-state index contributed by atoms with van der Waals surface area (Å²) in [6.45, 7) is 0. The van der Waals surface area contributed by atoms with Crippen molar-refractivity contribution in [3.8, 4) is 0 Å². The first-order valence-corrected chi connectivity index (χ1v) is 6.28. The van der Waals surface area contributed by atoms with Gasteiger partial charge in [0.2, 0.25) is 6.20 Å². The van der Waals surface area contributed by atoms with Gasteiger partial charge in [0.05, 0.1) is 0 Å². The monoisotopic (exact) mass is 204 g/mol. The van der Waals surface area contributed by atoms with E-state index in [-0.39, 0.29) is 0 Å². The summed E-state index contributed by atoms with van der Waals surface area (Å²) in [4.78, 5) is 0. The predicted octanol–water partition coefficient (Wildman–Crippen LogP) is 2.49. The van der Waals surface area contributed by atoms with Gasteiger partial charge in [-0.05, 0) is 37.0 Å². The average Bonchev–Trinajstić information content (AvgIpc) is 2.67. The van der Waals surface area contributed by atoms with Crippen molar-refractivity contribution in [3.63, 3.8) is 0 Å². The fourth-order valence-electron chi connectivity index (χ4n) is 4.89. The van der Waals surface area contributed by atoms with Gasteiger partial charge in [-0.15, -0.1) is 0 Å². The third-order valence-electron chi connectivity index (χ3n) is 5.03. The van der Waals surface area contributed by atoms with Crippen LogP contribution < -0.4 is 4.57 Å².